The molecule has 1 aliphatic rings. The van der Waals surface area contributed by atoms with E-state index in [1.807, 2.05) is 16.9 Å². The molecule has 2 heterocycles. The molecular formula is C22H34N4O3. The van der Waals surface area contributed by atoms with Crippen molar-refractivity contribution in [1.29, 1.82) is 0 Å². The number of aromatic nitrogens is 2. The second-order valence-electron chi connectivity index (χ2n) is 8.01. The first-order valence-electron chi connectivity index (χ1n) is 10.3. The molecule has 160 valence electrons. The van der Waals surface area contributed by atoms with Gasteiger partial charge in [-0.15, -0.1) is 0 Å². The highest BCUT2D eigenvalue weighted by Gasteiger charge is 2.27. The topological polar surface area (TPSA) is 63.0 Å². The normalized spacial score (nSPS) is 18.3. The van der Waals surface area contributed by atoms with E-state index in [2.05, 4.69) is 47.1 Å². The first-order chi connectivity index (χ1) is 14.0. The highest BCUT2D eigenvalue weighted by Crippen LogP contribution is 2.25. The zero-order valence-electron chi connectivity index (χ0n) is 18.0. The minimum atomic E-state index is 0.196. The Labute approximate surface area is 173 Å². The van der Waals surface area contributed by atoms with Crippen molar-refractivity contribution in [1.82, 2.24) is 19.6 Å². The van der Waals surface area contributed by atoms with E-state index in [-0.39, 0.29) is 6.61 Å². The minimum Gasteiger partial charge on any atom is -0.497 e. The van der Waals surface area contributed by atoms with E-state index in [1.54, 1.807) is 14.2 Å². The Balaban J connectivity index is 1.65. The van der Waals surface area contributed by atoms with Crippen LogP contribution < -0.4 is 9.47 Å². The second-order valence-corrected chi connectivity index (χ2v) is 8.01. The number of aliphatic hydroxyl groups is 1. The molecule has 1 unspecified atom stereocenters. The number of methoxy groups -OCH3 is 2. The summed E-state index contributed by atoms with van der Waals surface area (Å²) in [4.78, 5) is 4.92. The maximum atomic E-state index is 9.61. The quantitative estimate of drug-likeness (QED) is 0.696. The Hall–Kier alpha value is -2.09. The van der Waals surface area contributed by atoms with E-state index in [0.29, 0.717) is 12.1 Å². The van der Waals surface area contributed by atoms with Crippen LogP contribution in [-0.4, -0.2) is 71.2 Å². The number of hydrogen-bond donors (Lipinski definition) is 1. The lowest BCUT2D eigenvalue weighted by Crippen LogP contribution is -2.52. The third kappa shape index (κ3) is 5.72. The smallest absolute Gasteiger partial charge is 0.122 e. The lowest BCUT2D eigenvalue weighted by Gasteiger charge is -2.41. The van der Waals surface area contributed by atoms with Crippen molar-refractivity contribution in [2.24, 2.45) is 0 Å². The average molecular weight is 403 g/mol. The van der Waals surface area contributed by atoms with Gasteiger partial charge in [0.05, 0.1) is 20.4 Å². The van der Waals surface area contributed by atoms with Crippen LogP contribution >= 0.6 is 0 Å². The van der Waals surface area contributed by atoms with E-state index >= 15 is 0 Å². The van der Waals surface area contributed by atoms with Gasteiger partial charge in [0.1, 0.15) is 11.5 Å². The molecule has 2 aromatic rings. The summed E-state index contributed by atoms with van der Waals surface area (Å²) in [5, 5.41) is 14.1. The Morgan fingerprint density at radius 2 is 1.79 bits per heavy atom. The molecule has 1 aliphatic heterocycles. The van der Waals surface area contributed by atoms with Crippen molar-refractivity contribution >= 4 is 0 Å². The molecule has 7 heteroatoms. The predicted octanol–water partition coefficient (Wildman–Crippen LogP) is 2.55. The largest absolute Gasteiger partial charge is 0.497 e. The predicted molar refractivity (Wildman–Crippen MR) is 113 cm³/mol. The van der Waals surface area contributed by atoms with Crippen LogP contribution in [0.3, 0.4) is 0 Å². The molecule has 0 bridgehead atoms. The summed E-state index contributed by atoms with van der Waals surface area (Å²) in [6, 6.07) is 6.70. The van der Waals surface area contributed by atoms with Gasteiger partial charge in [-0.2, -0.15) is 5.10 Å². The lowest BCUT2D eigenvalue weighted by molar-refractivity contribution is 0.0499. The number of benzene rings is 1. The number of hydrogen-bond acceptors (Lipinski definition) is 6. The zero-order valence-corrected chi connectivity index (χ0v) is 18.0. The molecule has 29 heavy (non-hydrogen) atoms. The van der Waals surface area contributed by atoms with Crippen molar-refractivity contribution in [3.63, 3.8) is 0 Å². The van der Waals surface area contributed by atoms with Crippen molar-refractivity contribution in [2.45, 2.75) is 45.4 Å². The van der Waals surface area contributed by atoms with Gasteiger partial charge in [-0.1, -0.05) is 0 Å². The Bertz CT molecular complexity index is 755. The first-order valence-corrected chi connectivity index (χ1v) is 10.3. The van der Waals surface area contributed by atoms with Gasteiger partial charge in [0.15, 0.2) is 0 Å². The van der Waals surface area contributed by atoms with Gasteiger partial charge >= 0.3 is 0 Å². The Morgan fingerprint density at radius 3 is 2.38 bits per heavy atom. The van der Waals surface area contributed by atoms with Crippen LogP contribution in [0.1, 0.15) is 37.4 Å². The van der Waals surface area contributed by atoms with Crippen LogP contribution in [0.4, 0.5) is 0 Å². The second kappa shape index (κ2) is 10.1. The summed E-state index contributed by atoms with van der Waals surface area (Å²) >= 11 is 0. The number of aliphatic hydroxyl groups excluding tert-OH is 1. The summed E-state index contributed by atoms with van der Waals surface area (Å²) in [6.07, 6.45) is 4.87. The van der Waals surface area contributed by atoms with Crippen LogP contribution in [0, 0.1) is 0 Å². The molecule has 0 amide bonds. The molecule has 3 rings (SSSR count). The van der Waals surface area contributed by atoms with E-state index in [4.69, 9.17) is 9.47 Å². The Morgan fingerprint density at radius 1 is 1.07 bits per heavy atom. The molecule has 7 nitrogen and oxygen atoms in total. The first kappa shape index (κ1) is 21.6. The molecule has 0 aliphatic carbocycles. The number of nitrogens with zero attached hydrogens (tertiary/aromatic N) is 4. The van der Waals surface area contributed by atoms with Crippen LogP contribution in [-0.2, 0) is 13.1 Å². The van der Waals surface area contributed by atoms with Gasteiger partial charge in [0, 0.05) is 69.2 Å². The lowest BCUT2D eigenvalue weighted by atomic mass is 10.1. The monoisotopic (exact) mass is 402 g/mol. The maximum absolute atomic E-state index is 9.61. The van der Waals surface area contributed by atoms with Crippen LogP contribution in [0.2, 0.25) is 0 Å². The summed E-state index contributed by atoms with van der Waals surface area (Å²) in [5.74, 6) is 1.61. The highest BCUT2D eigenvalue weighted by atomic mass is 16.5. The Kier molecular flexibility index (Phi) is 7.52. The van der Waals surface area contributed by atoms with Gasteiger partial charge in [-0.25, -0.2) is 0 Å². The fourth-order valence-corrected chi connectivity index (χ4v) is 3.92. The molecule has 1 fully saturated rings. The molecule has 0 radical (unpaired) electrons. The van der Waals surface area contributed by atoms with Crippen LogP contribution in [0.5, 0.6) is 11.5 Å². The van der Waals surface area contributed by atoms with E-state index in [0.717, 1.165) is 56.2 Å². The molecule has 1 N–H and O–H groups in total. The van der Waals surface area contributed by atoms with Gasteiger partial charge in [-0.05, 0) is 38.0 Å². The molecule has 1 saturated heterocycles. The standard InChI is InChI=1S/C22H34N4O3/c1-17(2)26-15-19(12-23-26)13-24-6-7-25(20(16-24)5-8-27)14-18-9-21(28-3)11-22(10-18)29-4/h9-12,15,17,20,27H,5-8,13-14,16H2,1-4H3. The van der Waals surface area contributed by atoms with Crippen molar-refractivity contribution < 1.29 is 14.6 Å². The maximum Gasteiger partial charge on any atom is 0.122 e. The molecule has 1 aromatic heterocycles. The zero-order chi connectivity index (χ0) is 20.8. The van der Waals surface area contributed by atoms with E-state index in [1.165, 1.54) is 5.56 Å². The molecular weight excluding hydrogens is 368 g/mol. The third-order valence-electron chi connectivity index (χ3n) is 5.54. The fourth-order valence-electron chi connectivity index (χ4n) is 3.92. The highest BCUT2D eigenvalue weighted by molar-refractivity contribution is 5.38. The summed E-state index contributed by atoms with van der Waals surface area (Å²) in [7, 11) is 3.35. The van der Waals surface area contributed by atoms with Gasteiger partial charge in [0.25, 0.3) is 0 Å². The third-order valence-corrected chi connectivity index (χ3v) is 5.54. The van der Waals surface area contributed by atoms with E-state index in [9.17, 15) is 5.11 Å². The molecule has 0 spiro atoms. The van der Waals surface area contributed by atoms with Crippen LogP contribution in [0.15, 0.2) is 30.6 Å². The van der Waals surface area contributed by atoms with Gasteiger partial charge in [-0.3, -0.25) is 14.5 Å². The SMILES string of the molecule is COc1cc(CN2CCN(Cc3cnn(C(C)C)c3)CC2CCO)cc(OC)c1. The van der Waals surface area contributed by atoms with Crippen molar-refractivity contribution in [2.75, 3.05) is 40.5 Å². The number of ether oxygens (including phenoxy) is 2. The van der Waals surface area contributed by atoms with E-state index < -0.39 is 0 Å². The summed E-state index contributed by atoms with van der Waals surface area (Å²) in [5.41, 5.74) is 2.41. The summed E-state index contributed by atoms with van der Waals surface area (Å²) in [6.45, 7) is 9.09. The van der Waals surface area contributed by atoms with Gasteiger partial charge in [0.2, 0.25) is 0 Å². The van der Waals surface area contributed by atoms with Crippen molar-refractivity contribution in [3.05, 3.63) is 41.7 Å². The van der Waals surface area contributed by atoms with Crippen LogP contribution in [0.25, 0.3) is 0 Å². The van der Waals surface area contributed by atoms with Crippen molar-refractivity contribution in [3.8, 4) is 11.5 Å². The average Bonchev–Trinajstić information content (AvgIpc) is 3.18. The number of piperazine rings is 1. The van der Waals surface area contributed by atoms with Gasteiger partial charge < -0.3 is 14.6 Å². The molecule has 1 aromatic carbocycles. The number of rotatable bonds is 9. The fraction of sp³-hybridized carbons (Fsp3) is 0.591. The molecule has 0 saturated carbocycles. The summed E-state index contributed by atoms with van der Waals surface area (Å²) < 4.78 is 12.8. The molecule has 1 atom stereocenters. The minimum absolute atomic E-state index is 0.196.